The fourth-order valence-corrected chi connectivity index (χ4v) is 3.45. The molecule has 0 spiro atoms. The third-order valence-electron chi connectivity index (χ3n) is 2.36. The second-order valence-electron chi connectivity index (χ2n) is 3.42. The number of nitrogen functional groups attached to an aromatic ring is 1. The molecule has 0 unspecified atom stereocenters. The summed E-state index contributed by atoms with van der Waals surface area (Å²) in [5.74, 6) is 0. The number of rotatable bonds is 2. The van der Waals surface area contributed by atoms with Gasteiger partial charge >= 0.3 is 0 Å². The van der Waals surface area contributed by atoms with Crippen molar-refractivity contribution in [2.75, 3.05) is 5.73 Å². The van der Waals surface area contributed by atoms with Crippen LogP contribution in [0, 0.1) is 0 Å². The molecule has 0 bridgehead atoms. The number of hydrogen-bond donors (Lipinski definition) is 2. The van der Waals surface area contributed by atoms with E-state index in [-0.39, 0.29) is 18.4 Å². The first-order valence-electron chi connectivity index (χ1n) is 4.61. The molecule has 0 amide bonds. The SMILES string of the molecule is Cl.Nc1c(Br)cc(Br)cc1[C@@H](N)c1ccsc1. The van der Waals surface area contributed by atoms with Crippen molar-refractivity contribution < 1.29 is 0 Å². The fourth-order valence-electron chi connectivity index (χ4n) is 1.49. The minimum Gasteiger partial charge on any atom is -0.398 e. The summed E-state index contributed by atoms with van der Waals surface area (Å²) >= 11 is 8.49. The Labute approximate surface area is 127 Å². The van der Waals surface area contributed by atoms with E-state index in [0.717, 1.165) is 20.1 Å². The summed E-state index contributed by atoms with van der Waals surface area (Å²) in [5, 5.41) is 4.05. The smallest absolute Gasteiger partial charge is 0.0581 e. The molecule has 4 N–H and O–H groups in total. The third-order valence-corrected chi connectivity index (χ3v) is 4.18. The number of hydrogen-bond acceptors (Lipinski definition) is 3. The van der Waals surface area contributed by atoms with Gasteiger partial charge in [0.1, 0.15) is 0 Å². The van der Waals surface area contributed by atoms with Crippen molar-refractivity contribution in [1.29, 1.82) is 0 Å². The van der Waals surface area contributed by atoms with Gasteiger partial charge in [-0.2, -0.15) is 11.3 Å². The summed E-state index contributed by atoms with van der Waals surface area (Å²) in [6.07, 6.45) is 0. The molecule has 0 saturated carbocycles. The van der Waals surface area contributed by atoms with Gasteiger partial charge in [-0.3, -0.25) is 0 Å². The van der Waals surface area contributed by atoms with Crippen molar-refractivity contribution in [1.82, 2.24) is 0 Å². The molecule has 1 atom stereocenters. The summed E-state index contributed by atoms with van der Waals surface area (Å²) in [6, 6.07) is 5.71. The van der Waals surface area contributed by atoms with E-state index in [1.54, 1.807) is 11.3 Å². The molecular weight excluding hydrogens is 387 g/mol. The molecule has 6 heteroatoms. The monoisotopic (exact) mass is 396 g/mol. The van der Waals surface area contributed by atoms with Gasteiger partial charge < -0.3 is 11.5 Å². The Bertz CT molecular complexity index is 502. The average molecular weight is 399 g/mol. The molecule has 0 aliphatic carbocycles. The second-order valence-corrected chi connectivity index (χ2v) is 5.97. The summed E-state index contributed by atoms with van der Waals surface area (Å²) < 4.78 is 1.83. The predicted octanol–water partition coefficient (Wildman–Crippen LogP) is 4.33. The van der Waals surface area contributed by atoms with E-state index in [0.29, 0.717) is 5.69 Å². The molecular formula is C11H11Br2ClN2S. The van der Waals surface area contributed by atoms with Crippen LogP contribution in [0.3, 0.4) is 0 Å². The zero-order chi connectivity index (χ0) is 11.7. The maximum atomic E-state index is 6.18. The molecule has 2 aromatic rings. The first-order chi connectivity index (χ1) is 7.59. The lowest BCUT2D eigenvalue weighted by Crippen LogP contribution is -2.13. The van der Waals surface area contributed by atoms with E-state index in [4.69, 9.17) is 11.5 Å². The third kappa shape index (κ3) is 3.23. The molecule has 0 saturated heterocycles. The Morgan fingerprint density at radius 1 is 1.24 bits per heavy atom. The van der Waals surface area contributed by atoms with Gasteiger partial charge in [0, 0.05) is 8.95 Å². The van der Waals surface area contributed by atoms with E-state index in [9.17, 15) is 0 Å². The van der Waals surface area contributed by atoms with Gasteiger partial charge in [0.15, 0.2) is 0 Å². The first kappa shape index (κ1) is 15.0. The lowest BCUT2D eigenvalue weighted by atomic mass is 10.0. The van der Waals surface area contributed by atoms with Crippen LogP contribution in [-0.2, 0) is 0 Å². The van der Waals surface area contributed by atoms with Crippen LogP contribution in [0.1, 0.15) is 17.2 Å². The van der Waals surface area contributed by atoms with E-state index < -0.39 is 0 Å². The number of benzene rings is 1. The molecule has 92 valence electrons. The second kappa shape index (κ2) is 6.20. The highest BCUT2D eigenvalue weighted by atomic mass is 79.9. The average Bonchev–Trinajstić information content (AvgIpc) is 2.75. The van der Waals surface area contributed by atoms with E-state index in [2.05, 4.69) is 31.9 Å². The predicted molar refractivity (Wildman–Crippen MR) is 83.9 cm³/mol. The Morgan fingerprint density at radius 2 is 1.94 bits per heavy atom. The number of anilines is 1. The van der Waals surface area contributed by atoms with Gasteiger partial charge in [0.25, 0.3) is 0 Å². The van der Waals surface area contributed by atoms with E-state index in [1.165, 1.54) is 0 Å². The molecule has 0 radical (unpaired) electrons. The van der Waals surface area contributed by atoms with Crippen molar-refractivity contribution in [3.8, 4) is 0 Å². The largest absolute Gasteiger partial charge is 0.398 e. The van der Waals surface area contributed by atoms with Crippen molar-refractivity contribution in [2.45, 2.75) is 6.04 Å². The summed E-state index contributed by atoms with van der Waals surface area (Å²) in [5.41, 5.74) is 14.9. The molecule has 1 heterocycles. The highest BCUT2D eigenvalue weighted by Crippen LogP contribution is 2.34. The van der Waals surface area contributed by atoms with Gasteiger partial charge in [0.2, 0.25) is 0 Å². The Balaban J connectivity index is 0.00000144. The van der Waals surface area contributed by atoms with Crippen molar-refractivity contribution in [3.05, 3.63) is 49.0 Å². The van der Waals surface area contributed by atoms with Crippen LogP contribution >= 0.6 is 55.6 Å². The topological polar surface area (TPSA) is 52.0 Å². The minimum atomic E-state index is -0.181. The van der Waals surface area contributed by atoms with E-state index >= 15 is 0 Å². The molecule has 17 heavy (non-hydrogen) atoms. The normalized spacial score (nSPS) is 11.9. The lowest BCUT2D eigenvalue weighted by molar-refractivity contribution is 0.878. The highest BCUT2D eigenvalue weighted by molar-refractivity contribution is 9.11. The van der Waals surface area contributed by atoms with Gasteiger partial charge in [-0.15, -0.1) is 12.4 Å². The van der Waals surface area contributed by atoms with Gasteiger partial charge in [-0.05, 0) is 56.0 Å². The van der Waals surface area contributed by atoms with Gasteiger partial charge in [0.05, 0.1) is 11.7 Å². The molecule has 2 rings (SSSR count). The standard InChI is InChI=1S/C11H10Br2N2S.ClH/c12-7-3-8(11(15)9(13)4-7)10(14)6-1-2-16-5-6;/h1-5,10H,14-15H2;1H/t10-;/m0./s1. The van der Waals surface area contributed by atoms with Crippen LogP contribution in [0.15, 0.2) is 37.9 Å². The van der Waals surface area contributed by atoms with Crippen molar-refractivity contribution in [3.63, 3.8) is 0 Å². The summed E-state index contributed by atoms with van der Waals surface area (Å²) in [4.78, 5) is 0. The Morgan fingerprint density at radius 3 is 2.53 bits per heavy atom. The highest BCUT2D eigenvalue weighted by Gasteiger charge is 2.15. The lowest BCUT2D eigenvalue weighted by Gasteiger charge is -2.15. The Kier molecular flexibility index (Phi) is 5.47. The van der Waals surface area contributed by atoms with Gasteiger partial charge in [-0.25, -0.2) is 0 Å². The fraction of sp³-hybridized carbons (Fsp3) is 0.0909. The zero-order valence-corrected chi connectivity index (χ0v) is 13.5. The van der Waals surface area contributed by atoms with Crippen LogP contribution < -0.4 is 11.5 Å². The molecule has 1 aromatic heterocycles. The van der Waals surface area contributed by atoms with Crippen LogP contribution in [0.5, 0.6) is 0 Å². The molecule has 1 aromatic carbocycles. The summed E-state index contributed by atoms with van der Waals surface area (Å²) in [6.45, 7) is 0. The number of halogens is 3. The van der Waals surface area contributed by atoms with Crippen molar-refractivity contribution in [2.24, 2.45) is 5.73 Å². The quantitative estimate of drug-likeness (QED) is 0.740. The number of nitrogens with two attached hydrogens (primary N) is 2. The molecule has 0 aliphatic heterocycles. The minimum absolute atomic E-state index is 0. The molecule has 0 fully saturated rings. The van der Waals surface area contributed by atoms with E-state index in [1.807, 2.05) is 29.0 Å². The van der Waals surface area contributed by atoms with Crippen LogP contribution in [0.4, 0.5) is 5.69 Å². The van der Waals surface area contributed by atoms with Crippen molar-refractivity contribution >= 4 is 61.3 Å². The molecule has 2 nitrogen and oxygen atoms in total. The van der Waals surface area contributed by atoms with Gasteiger partial charge in [-0.1, -0.05) is 15.9 Å². The van der Waals surface area contributed by atoms with Crippen LogP contribution in [0.25, 0.3) is 0 Å². The first-order valence-corrected chi connectivity index (χ1v) is 7.14. The maximum absolute atomic E-state index is 6.18. The van der Waals surface area contributed by atoms with Crippen LogP contribution in [0.2, 0.25) is 0 Å². The Hall–Kier alpha value is -0.0700. The summed E-state index contributed by atoms with van der Waals surface area (Å²) in [7, 11) is 0. The van der Waals surface area contributed by atoms with Crippen LogP contribution in [-0.4, -0.2) is 0 Å². The zero-order valence-electron chi connectivity index (χ0n) is 8.69. The number of thiophene rings is 1. The molecule has 0 aliphatic rings. The maximum Gasteiger partial charge on any atom is 0.0581 e.